The quantitative estimate of drug-likeness (QED) is 0.462. The van der Waals surface area contributed by atoms with Crippen molar-refractivity contribution in [2.75, 3.05) is 18.6 Å². The van der Waals surface area contributed by atoms with Gasteiger partial charge in [-0.1, -0.05) is 73.8 Å². The average molecular weight is 400 g/mol. The van der Waals surface area contributed by atoms with E-state index in [1.165, 1.54) is 16.7 Å². The van der Waals surface area contributed by atoms with E-state index in [9.17, 15) is 4.79 Å². The van der Waals surface area contributed by atoms with E-state index in [0.29, 0.717) is 11.8 Å². The monoisotopic (exact) mass is 399 g/mol. The van der Waals surface area contributed by atoms with Crippen LogP contribution in [0.25, 0.3) is 0 Å². The fourth-order valence-electron chi connectivity index (χ4n) is 4.65. The van der Waals surface area contributed by atoms with Crippen LogP contribution in [-0.4, -0.2) is 19.6 Å². The standard InChI is InChI=1S/C26H41NO2/c1-10-12-20-23(13-11-2)26(7,8)16-27(25(20)28)24-21(17(3)4)14-19(29-9)15-22(24)18(5)6/h14-15,17-18H,10-13,16H2,1-9H3. The third-order valence-electron chi connectivity index (χ3n) is 6.13. The van der Waals surface area contributed by atoms with Crippen LogP contribution in [0.2, 0.25) is 0 Å². The van der Waals surface area contributed by atoms with Crippen molar-refractivity contribution >= 4 is 11.6 Å². The van der Waals surface area contributed by atoms with E-state index in [0.717, 1.165) is 49.2 Å². The van der Waals surface area contributed by atoms with Gasteiger partial charge in [0.25, 0.3) is 5.91 Å². The Labute approximate surface area is 178 Å². The number of ether oxygens (including phenoxy) is 1. The van der Waals surface area contributed by atoms with E-state index in [2.05, 4.69) is 72.4 Å². The van der Waals surface area contributed by atoms with Gasteiger partial charge in [0.05, 0.1) is 12.8 Å². The van der Waals surface area contributed by atoms with Gasteiger partial charge in [-0.25, -0.2) is 0 Å². The third kappa shape index (κ3) is 4.70. The Kier molecular flexibility index (Phi) is 7.59. The predicted octanol–water partition coefficient (Wildman–Crippen LogP) is 7.21. The summed E-state index contributed by atoms with van der Waals surface area (Å²) in [6.07, 6.45) is 3.95. The van der Waals surface area contributed by atoms with Crippen LogP contribution in [0.15, 0.2) is 23.3 Å². The highest BCUT2D eigenvalue weighted by atomic mass is 16.5. The lowest BCUT2D eigenvalue weighted by molar-refractivity contribution is -0.116. The summed E-state index contributed by atoms with van der Waals surface area (Å²) in [4.78, 5) is 15.9. The molecule has 1 aliphatic rings. The van der Waals surface area contributed by atoms with Crippen LogP contribution < -0.4 is 9.64 Å². The van der Waals surface area contributed by atoms with Crippen LogP contribution in [0.4, 0.5) is 5.69 Å². The molecular formula is C26H41NO2. The largest absolute Gasteiger partial charge is 0.497 e. The van der Waals surface area contributed by atoms with Crippen molar-refractivity contribution in [2.45, 2.75) is 92.9 Å². The molecule has 3 heteroatoms. The Bertz CT molecular complexity index is 742. The number of nitrogens with zero attached hydrogens (tertiary/aromatic N) is 1. The van der Waals surface area contributed by atoms with E-state index in [-0.39, 0.29) is 11.3 Å². The third-order valence-corrected chi connectivity index (χ3v) is 6.13. The molecule has 1 aromatic carbocycles. The lowest BCUT2D eigenvalue weighted by Crippen LogP contribution is -2.47. The predicted molar refractivity (Wildman–Crippen MR) is 124 cm³/mol. The van der Waals surface area contributed by atoms with Gasteiger partial charge in [0.15, 0.2) is 0 Å². The number of amides is 1. The number of hydrogen-bond donors (Lipinski definition) is 0. The second kappa shape index (κ2) is 9.36. The highest BCUT2D eigenvalue weighted by molar-refractivity contribution is 6.08. The lowest BCUT2D eigenvalue weighted by atomic mass is 9.74. The molecule has 0 spiro atoms. The molecule has 0 aromatic heterocycles. The minimum absolute atomic E-state index is 0.0170. The normalized spacial score (nSPS) is 16.9. The average Bonchev–Trinajstić information content (AvgIpc) is 2.66. The van der Waals surface area contributed by atoms with Crippen LogP contribution >= 0.6 is 0 Å². The van der Waals surface area contributed by atoms with Crippen molar-refractivity contribution in [1.82, 2.24) is 0 Å². The summed E-state index contributed by atoms with van der Waals surface area (Å²) in [6, 6.07) is 4.24. The second-order valence-corrected chi connectivity index (χ2v) is 9.70. The molecular weight excluding hydrogens is 358 g/mol. The van der Waals surface area contributed by atoms with Crippen LogP contribution in [0, 0.1) is 5.41 Å². The fraction of sp³-hybridized carbons (Fsp3) is 0.654. The van der Waals surface area contributed by atoms with Gasteiger partial charge in [-0.15, -0.1) is 0 Å². The molecule has 0 radical (unpaired) electrons. The minimum atomic E-state index is -0.0170. The molecule has 0 saturated carbocycles. The number of benzene rings is 1. The Morgan fingerprint density at radius 1 is 1.00 bits per heavy atom. The van der Waals surface area contributed by atoms with Gasteiger partial charge in [0.2, 0.25) is 0 Å². The van der Waals surface area contributed by atoms with Crippen molar-refractivity contribution in [1.29, 1.82) is 0 Å². The van der Waals surface area contributed by atoms with Crippen molar-refractivity contribution in [3.05, 3.63) is 34.4 Å². The molecule has 2 rings (SSSR count). The van der Waals surface area contributed by atoms with Gasteiger partial charge >= 0.3 is 0 Å². The summed E-state index contributed by atoms with van der Waals surface area (Å²) in [6.45, 7) is 18.5. The van der Waals surface area contributed by atoms with Gasteiger partial charge in [0.1, 0.15) is 5.75 Å². The molecule has 0 fully saturated rings. The summed E-state index contributed by atoms with van der Waals surface area (Å²) in [5.41, 5.74) is 5.91. The van der Waals surface area contributed by atoms with Crippen LogP contribution in [0.5, 0.6) is 5.75 Å². The van der Waals surface area contributed by atoms with Gasteiger partial charge in [-0.3, -0.25) is 4.79 Å². The topological polar surface area (TPSA) is 29.5 Å². The number of rotatable bonds is 8. The number of carbonyl (C=O) groups excluding carboxylic acids is 1. The van der Waals surface area contributed by atoms with Crippen LogP contribution in [0.1, 0.15) is 104 Å². The summed E-state index contributed by atoms with van der Waals surface area (Å²) >= 11 is 0. The smallest absolute Gasteiger partial charge is 0.254 e. The van der Waals surface area contributed by atoms with E-state index in [1.807, 2.05) is 0 Å². The molecule has 0 saturated heterocycles. The molecule has 1 amide bonds. The van der Waals surface area contributed by atoms with E-state index < -0.39 is 0 Å². The highest BCUT2D eigenvalue weighted by Crippen LogP contribution is 2.45. The summed E-state index contributed by atoms with van der Waals surface area (Å²) in [5, 5.41) is 0. The number of anilines is 1. The van der Waals surface area contributed by atoms with Crippen molar-refractivity contribution in [2.24, 2.45) is 5.41 Å². The maximum atomic E-state index is 13.8. The van der Waals surface area contributed by atoms with Gasteiger partial charge in [0, 0.05) is 17.5 Å². The van der Waals surface area contributed by atoms with Crippen molar-refractivity contribution in [3.8, 4) is 5.75 Å². The van der Waals surface area contributed by atoms with Gasteiger partial charge in [-0.2, -0.15) is 0 Å². The maximum absolute atomic E-state index is 13.8. The molecule has 162 valence electrons. The summed E-state index contributed by atoms with van der Waals surface area (Å²) in [7, 11) is 1.72. The number of hydrogen-bond acceptors (Lipinski definition) is 2. The maximum Gasteiger partial charge on any atom is 0.254 e. The van der Waals surface area contributed by atoms with E-state index >= 15 is 0 Å². The van der Waals surface area contributed by atoms with E-state index in [4.69, 9.17) is 4.74 Å². The first-order valence-electron chi connectivity index (χ1n) is 11.3. The first-order valence-corrected chi connectivity index (χ1v) is 11.3. The Balaban J connectivity index is 2.76. The SMILES string of the molecule is CCCC1=C(CCC)C(C)(C)CN(c2c(C(C)C)cc(OC)cc2C(C)C)C1=O. The Morgan fingerprint density at radius 2 is 1.52 bits per heavy atom. The first kappa shape index (κ1) is 23.5. The molecule has 1 heterocycles. The molecule has 1 aliphatic heterocycles. The summed E-state index contributed by atoms with van der Waals surface area (Å²) < 4.78 is 5.60. The van der Waals surface area contributed by atoms with E-state index in [1.54, 1.807) is 7.11 Å². The molecule has 0 bridgehead atoms. The molecule has 0 unspecified atom stereocenters. The van der Waals surface area contributed by atoms with Crippen molar-refractivity contribution in [3.63, 3.8) is 0 Å². The number of methoxy groups -OCH3 is 1. The Morgan fingerprint density at radius 3 is 1.93 bits per heavy atom. The summed E-state index contributed by atoms with van der Waals surface area (Å²) in [5.74, 6) is 1.71. The zero-order valence-corrected chi connectivity index (χ0v) is 20.1. The number of carbonyl (C=O) groups is 1. The lowest BCUT2D eigenvalue weighted by Gasteiger charge is -2.43. The zero-order chi connectivity index (χ0) is 21.9. The molecule has 0 atom stereocenters. The van der Waals surface area contributed by atoms with Gasteiger partial charge in [-0.05, 0) is 47.9 Å². The van der Waals surface area contributed by atoms with Crippen LogP contribution in [-0.2, 0) is 4.79 Å². The fourth-order valence-corrected chi connectivity index (χ4v) is 4.65. The van der Waals surface area contributed by atoms with Crippen molar-refractivity contribution < 1.29 is 9.53 Å². The first-order chi connectivity index (χ1) is 13.6. The highest BCUT2D eigenvalue weighted by Gasteiger charge is 2.40. The van der Waals surface area contributed by atoms with Gasteiger partial charge < -0.3 is 9.64 Å². The minimum Gasteiger partial charge on any atom is -0.497 e. The molecule has 3 nitrogen and oxygen atoms in total. The van der Waals surface area contributed by atoms with Crippen LogP contribution in [0.3, 0.4) is 0 Å². The zero-order valence-electron chi connectivity index (χ0n) is 20.1. The Hall–Kier alpha value is -1.77. The molecule has 0 aliphatic carbocycles. The molecule has 29 heavy (non-hydrogen) atoms. The second-order valence-electron chi connectivity index (χ2n) is 9.70. The molecule has 1 aromatic rings. The molecule has 0 N–H and O–H groups in total.